The van der Waals surface area contributed by atoms with Crippen molar-refractivity contribution >= 4 is 32.6 Å². The Balaban J connectivity index is 2.30. The van der Waals surface area contributed by atoms with Crippen molar-refractivity contribution in [3.8, 4) is 11.1 Å². The van der Waals surface area contributed by atoms with Crippen LogP contribution in [0.25, 0.3) is 21.5 Å². The second-order valence-corrected chi connectivity index (χ2v) is 5.18. The Morgan fingerprint density at radius 3 is 2.50 bits per heavy atom. The third-order valence-corrected chi connectivity index (χ3v) is 3.54. The molecular formula is C13H12N4S. The molecule has 0 unspecified atom stereocenters. The number of aromatic nitrogens is 2. The minimum Gasteiger partial charge on any atom is -0.384 e. The van der Waals surface area contributed by atoms with Crippen LogP contribution in [-0.2, 0) is 0 Å². The van der Waals surface area contributed by atoms with Gasteiger partial charge in [0.25, 0.3) is 0 Å². The summed E-state index contributed by atoms with van der Waals surface area (Å²) in [5.74, 6) is 0.488. The van der Waals surface area contributed by atoms with E-state index >= 15 is 0 Å². The molecule has 2 heterocycles. The molecule has 0 amide bonds. The van der Waals surface area contributed by atoms with Gasteiger partial charge in [-0.3, -0.25) is 0 Å². The fraction of sp³-hybridized carbons (Fsp3) is 0.0769. The van der Waals surface area contributed by atoms with E-state index in [0.29, 0.717) is 10.9 Å². The predicted molar refractivity (Wildman–Crippen MR) is 76.4 cm³/mol. The largest absolute Gasteiger partial charge is 0.384 e. The summed E-state index contributed by atoms with van der Waals surface area (Å²) in [6, 6.07) is 10.1. The van der Waals surface area contributed by atoms with Crippen LogP contribution in [0.3, 0.4) is 0 Å². The summed E-state index contributed by atoms with van der Waals surface area (Å²) in [4.78, 5) is 9.37. The zero-order valence-electron chi connectivity index (χ0n) is 9.84. The minimum atomic E-state index is 0.488. The first-order chi connectivity index (χ1) is 8.63. The maximum absolute atomic E-state index is 5.83. The van der Waals surface area contributed by atoms with Crippen LogP contribution < -0.4 is 11.5 Å². The highest BCUT2D eigenvalue weighted by Gasteiger charge is 2.11. The van der Waals surface area contributed by atoms with Crippen LogP contribution in [0.15, 0.2) is 30.3 Å². The van der Waals surface area contributed by atoms with Gasteiger partial charge in [-0.1, -0.05) is 41.2 Å². The number of rotatable bonds is 1. The molecule has 18 heavy (non-hydrogen) atoms. The van der Waals surface area contributed by atoms with E-state index in [-0.39, 0.29) is 0 Å². The van der Waals surface area contributed by atoms with Crippen molar-refractivity contribution in [3.63, 3.8) is 0 Å². The summed E-state index contributed by atoms with van der Waals surface area (Å²) in [6.07, 6.45) is 0. The van der Waals surface area contributed by atoms with Gasteiger partial charge < -0.3 is 11.5 Å². The average molecular weight is 256 g/mol. The molecule has 0 aliphatic carbocycles. The number of nitrogens with two attached hydrogens (primary N) is 2. The predicted octanol–water partition coefficient (Wildman–Crippen LogP) is 2.83. The molecule has 0 saturated carbocycles. The Bertz CT molecular complexity index is 716. The molecule has 0 aliphatic heterocycles. The van der Waals surface area contributed by atoms with Crippen LogP contribution in [0.1, 0.15) is 5.56 Å². The standard InChI is InChI=1S/C13H12N4S/c1-7-2-4-8(5-3-7)9-6-10(14)16-12-11(9)17-13(15)18-12/h2-6H,1H3,(H2,14,16)(H2,15,17). The molecular weight excluding hydrogens is 244 g/mol. The van der Waals surface area contributed by atoms with Crippen LogP contribution in [0.4, 0.5) is 10.9 Å². The molecule has 2 aromatic heterocycles. The Labute approximate surface area is 108 Å². The van der Waals surface area contributed by atoms with Gasteiger partial charge in [-0.05, 0) is 18.6 Å². The molecule has 1 aromatic carbocycles. The number of fused-ring (bicyclic) bond motifs is 1. The molecule has 0 fully saturated rings. The fourth-order valence-corrected chi connectivity index (χ4v) is 2.64. The number of hydrogen-bond acceptors (Lipinski definition) is 5. The van der Waals surface area contributed by atoms with Gasteiger partial charge in [0.15, 0.2) is 5.13 Å². The third-order valence-electron chi connectivity index (χ3n) is 2.77. The number of pyridine rings is 1. The third kappa shape index (κ3) is 1.78. The normalized spacial score (nSPS) is 10.9. The van der Waals surface area contributed by atoms with Crippen molar-refractivity contribution in [2.75, 3.05) is 11.5 Å². The van der Waals surface area contributed by atoms with Crippen LogP contribution >= 0.6 is 11.3 Å². The molecule has 0 radical (unpaired) electrons. The van der Waals surface area contributed by atoms with Gasteiger partial charge >= 0.3 is 0 Å². The fourth-order valence-electron chi connectivity index (χ4n) is 1.90. The summed E-state index contributed by atoms with van der Waals surface area (Å²) >= 11 is 1.35. The smallest absolute Gasteiger partial charge is 0.182 e. The summed E-state index contributed by atoms with van der Waals surface area (Å²) < 4.78 is 0. The number of anilines is 2. The summed E-state index contributed by atoms with van der Waals surface area (Å²) in [6.45, 7) is 2.06. The van der Waals surface area contributed by atoms with E-state index in [2.05, 4.69) is 41.2 Å². The first-order valence-corrected chi connectivity index (χ1v) is 6.35. The van der Waals surface area contributed by atoms with Crippen molar-refractivity contribution in [1.82, 2.24) is 9.97 Å². The van der Waals surface area contributed by atoms with Gasteiger partial charge in [0.1, 0.15) is 16.2 Å². The summed E-state index contributed by atoms with van der Waals surface area (Å²) in [5, 5.41) is 0.511. The second-order valence-electron chi connectivity index (χ2n) is 4.17. The topological polar surface area (TPSA) is 77.8 Å². The molecule has 4 N–H and O–H groups in total. The van der Waals surface area contributed by atoms with Gasteiger partial charge in [0, 0.05) is 5.56 Å². The molecule has 90 valence electrons. The van der Waals surface area contributed by atoms with E-state index < -0.39 is 0 Å². The Kier molecular flexibility index (Phi) is 2.41. The van der Waals surface area contributed by atoms with Gasteiger partial charge in [-0.2, -0.15) is 0 Å². The van der Waals surface area contributed by atoms with E-state index in [1.54, 1.807) is 0 Å². The molecule has 0 atom stereocenters. The van der Waals surface area contributed by atoms with Crippen molar-refractivity contribution in [3.05, 3.63) is 35.9 Å². The maximum Gasteiger partial charge on any atom is 0.182 e. The molecule has 3 rings (SSSR count). The maximum atomic E-state index is 5.83. The van der Waals surface area contributed by atoms with Gasteiger partial charge in [-0.15, -0.1) is 0 Å². The van der Waals surface area contributed by atoms with Crippen LogP contribution in [0, 0.1) is 6.92 Å². The lowest BCUT2D eigenvalue weighted by molar-refractivity contribution is 1.40. The second kappa shape index (κ2) is 3.96. The highest BCUT2D eigenvalue weighted by atomic mass is 32.1. The number of benzene rings is 1. The Hall–Kier alpha value is -2.14. The molecule has 0 bridgehead atoms. The van der Waals surface area contributed by atoms with Crippen molar-refractivity contribution in [1.29, 1.82) is 0 Å². The lowest BCUT2D eigenvalue weighted by Crippen LogP contribution is -1.91. The highest BCUT2D eigenvalue weighted by molar-refractivity contribution is 7.21. The molecule has 5 heteroatoms. The number of aryl methyl sites for hydroxylation is 1. The quantitative estimate of drug-likeness (QED) is 0.701. The Morgan fingerprint density at radius 2 is 1.78 bits per heavy atom. The molecule has 0 saturated heterocycles. The first-order valence-electron chi connectivity index (χ1n) is 5.53. The van der Waals surface area contributed by atoms with Crippen molar-refractivity contribution in [2.24, 2.45) is 0 Å². The van der Waals surface area contributed by atoms with Crippen molar-refractivity contribution < 1.29 is 0 Å². The van der Waals surface area contributed by atoms with E-state index in [1.165, 1.54) is 16.9 Å². The van der Waals surface area contributed by atoms with Crippen LogP contribution in [-0.4, -0.2) is 9.97 Å². The van der Waals surface area contributed by atoms with Crippen LogP contribution in [0.5, 0.6) is 0 Å². The lowest BCUT2D eigenvalue weighted by Gasteiger charge is -2.04. The van der Waals surface area contributed by atoms with E-state index in [4.69, 9.17) is 11.5 Å². The highest BCUT2D eigenvalue weighted by Crippen LogP contribution is 2.32. The number of hydrogen-bond donors (Lipinski definition) is 2. The first kappa shape index (κ1) is 11.0. The zero-order valence-corrected chi connectivity index (χ0v) is 10.7. The Morgan fingerprint density at radius 1 is 1.06 bits per heavy atom. The van der Waals surface area contributed by atoms with Gasteiger partial charge in [0.05, 0.1) is 0 Å². The number of nitrogens with zero attached hydrogens (tertiary/aromatic N) is 2. The van der Waals surface area contributed by atoms with E-state index in [0.717, 1.165) is 21.5 Å². The van der Waals surface area contributed by atoms with Gasteiger partial charge in [-0.25, -0.2) is 9.97 Å². The molecule has 3 aromatic rings. The summed E-state index contributed by atoms with van der Waals surface area (Å²) in [7, 11) is 0. The zero-order chi connectivity index (χ0) is 12.7. The number of nitrogen functional groups attached to an aromatic ring is 2. The monoisotopic (exact) mass is 256 g/mol. The lowest BCUT2D eigenvalue weighted by atomic mass is 10.0. The average Bonchev–Trinajstić information content (AvgIpc) is 2.69. The SMILES string of the molecule is Cc1ccc(-c2cc(N)nc3sc(N)nc23)cc1. The number of thiazole rings is 1. The molecule has 0 spiro atoms. The van der Waals surface area contributed by atoms with E-state index in [1.807, 2.05) is 6.07 Å². The van der Waals surface area contributed by atoms with Crippen molar-refractivity contribution in [2.45, 2.75) is 6.92 Å². The molecule has 4 nitrogen and oxygen atoms in total. The molecule has 0 aliphatic rings. The van der Waals surface area contributed by atoms with Gasteiger partial charge in [0.2, 0.25) is 0 Å². The summed E-state index contributed by atoms with van der Waals surface area (Å²) in [5.41, 5.74) is 15.7. The van der Waals surface area contributed by atoms with Crippen LogP contribution in [0.2, 0.25) is 0 Å². The minimum absolute atomic E-state index is 0.488. The van der Waals surface area contributed by atoms with E-state index in [9.17, 15) is 0 Å².